The molecule has 1 amide bonds. The number of rotatable bonds is 8. The number of hydrogen-bond donors (Lipinski definition) is 1. The van der Waals surface area contributed by atoms with Gasteiger partial charge in [-0.05, 0) is 62.1 Å². The minimum absolute atomic E-state index is 0.0976. The summed E-state index contributed by atoms with van der Waals surface area (Å²) in [7, 11) is -3.65. The van der Waals surface area contributed by atoms with Gasteiger partial charge in [0.15, 0.2) is 6.61 Å². The van der Waals surface area contributed by atoms with E-state index >= 15 is 0 Å². The highest BCUT2D eigenvalue weighted by Gasteiger charge is 2.28. The Morgan fingerprint density at radius 3 is 2.62 bits per heavy atom. The van der Waals surface area contributed by atoms with Crippen molar-refractivity contribution in [2.45, 2.75) is 50.5 Å². The van der Waals surface area contributed by atoms with Crippen molar-refractivity contribution in [3.8, 4) is 5.75 Å². The molecule has 0 aliphatic carbocycles. The van der Waals surface area contributed by atoms with Crippen LogP contribution in [0.4, 0.5) is 5.69 Å². The van der Waals surface area contributed by atoms with Crippen LogP contribution in [0.3, 0.4) is 0 Å². The first-order valence-electron chi connectivity index (χ1n) is 10.0. The van der Waals surface area contributed by atoms with Crippen LogP contribution >= 0.6 is 0 Å². The highest BCUT2D eigenvalue weighted by Crippen LogP contribution is 2.32. The van der Waals surface area contributed by atoms with E-state index in [0.717, 1.165) is 36.9 Å². The Balaban J connectivity index is 1.66. The lowest BCUT2D eigenvalue weighted by molar-refractivity contribution is -0.123. The van der Waals surface area contributed by atoms with Gasteiger partial charge in [0, 0.05) is 12.6 Å². The van der Waals surface area contributed by atoms with Crippen molar-refractivity contribution in [2.24, 2.45) is 0 Å². The maximum Gasteiger partial charge on any atom is 0.264 e. The van der Waals surface area contributed by atoms with E-state index in [1.807, 2.05) is 31.2 Å². The second-order valence-electron chi connectivity index (χ2n) is 7.33. The van der Waals surface area contributed by atoms with Crippen molar-refractivity contribution in [1.29, 1.82) is 0 Å². The molecule has 29 heavy (non-hydrogen) atoms. The standard InChI is InChI=1S/C22H28N2O4S/c1-3-7-17(2)23-22(25)16-28-19-11-13-20(14-12-19)29(26,27)24-15-6-9-18-8-4-5-10-21(18)24/h4-5,8,10-14,17H,3,6-7,9,15-16H2,1-2H3,(H,23,25)/t17-/m0/s1. The first-order valence-corrected chi connectivity index (χ1v) is 11.5. The number of hydrogen-bond acceptors (Lipinski definition) is 4. The number of amides is 1. The number of ether oxygens (including phenoxy) is 1. The quantitative estimate of drug-likeness (QED) is 0.715. The molecule has 1 atom stereocenters. The summed E-state index contributed by atoms with van der Waals surface area (Å²) in [6.07, 6.45) is 3.59. The molecule has 3 rings (SSSR count). The lowest BCUT2D eigenvalue weighted by Crippen LogP contribution is -2.36. The van der Waals surface area contributed by atoms with Gasteiger partial charge in [0.05, 0.1) is 10.6 Å². The lowest BCUT2D eigenvalue weighted by Gasteiger charge is -2.30. The second-order valence-corrected chi connectivity index (χ2v) is 9.19. The van der Waals surface area contributed by atoms with Gasteiger partial charge in [-0.2, -0.15) is 0 Å². The van der Waals surface area contributed by atoms with Crippen molar-refractivity contribution >= 4 is 21.6 Å². The molecule has 6 nitrogen and oxygen atoms in total. The average Bonchev–Trinajstić information content (AvgIpc) is 2.72. The van der Waals surface area contributed by atoms with Crippen LogP contribution in [-0.4, -0.2) is 33.5 Å². The molecule has 1 aliphatic heterocycles. The van der Waals surface area contributed by atoms with E-state index in [4.69, 9.17) is 4.74 Å². The smallest absolute Gasteiger partial charge is 0.264 e. The molecular weight excluding hydrogens is 388 g/mol. The Bertz CT molecular complexity index is 942. The van der Waals surface area contributed by atoms with E-state index < -0.39 is 10.0 Å². The average molecular weight is 417 g/mol. The fraction of sp³-hybridized carbons (Fsp3) is 0.409. The summed E-state index contributed by atoms with van der Waals surface area (Å²) in [5, 5.41) is 2.87. The molecule has 0 fully saturated rings. The van der Waals surface area contributed by atoms with Gasteiger partial charge in [-0.25, -0.2) is 8.42 Å². The van der Waals surface area contributed by atoms with Crippen LogP contribution in [0, 0.1) is 0 Å². The maximum absolute atomic E-state index is 13.1. The summed E-state index contributed by atoms with van der Waals surface area (Å²) < 4.78 is 33.2. The topological polar surface area (TPSA) is 75.7 Å². The molecule has 0 bridgehead atoms. The summed E-state index contributed by atoms with van der Waals surface area (Å²) in [4.78, 5) is 12.1. The van der Waals surface area contributed by atoms with Gasteiger partial charge in [0.25, 0.3) is 15.9 Å². The van der Waals surface area contributed by atoms with E-state index in [2.05, 4.69) is 12.2 Å². The zero-order valence-electron chi connectivity index (χ0n) is 16.9. The van der Waals surface area contributed by atoms with E-state index in [1.54, 1.807) is 12.1 Å². The van der Waals surface area contributed by atoms with Crippen LogP contribution in [0.25, 0.3) is 0 Å². The molecule has 0 spiro atoms. The van der Waals surface area contributed by atoms with Crippen LogP contribution < -0.4 is 14.4 Å². The van der Waals surface area contributed by atoms with Crippen molar-refractivity contribution in [1.82, 2.24) is 5.32 Å². The summed E-state index contributed by atoms with van der Waals surface area (Å²) >= 11 is 0. The second kappa shape index (κ2) is 9.31. The third-order valence-corrected chi connectivity index (χ3v) is 6.81. The SMILES string of the molecule is CCC[C@H](C)NC(=O)COc1ccc(S(=O)(=O)N2CCCc3ccccc32)cc1. The summed E-state index contributed by atoms with van der Waals surface area (Å²) in [5.74, 6) is 0.272. The number of benzene rings is 2. The summed E-state index contributed by atoms with van der Waals surface area (Å²) in [5.41, 5.74) is 1.79. The van der Waals surface area contributed by atoms with E-state index in [1.165, 1.54) is 16.4 Å². The van der Waals surface area contributed by atoms with Gasteiger partial charge in [0.1, 0.15) is 5.75 Å². The Kier molecular flexibility index (Phi) is 6.79. The number of nitrogens with one attached hydrogen (secondary N) is 1. The molecule has 0 unspecified atom stereocenters. The van der Waals surface area contributed by atoms with Gasteiger partial charge >= 0.3 is 0 Å². The largest absolute Gasteiger partial charge is 0.484 e. The molecule has 0 saturated heterocycles. The number of nitrogens with zero attached hydrogens (tertiary/aromatic N) is 1. The zero-order chi connectivity index (χ0) is 20.9. The zero-order valence-corrected chi connectivity index (χ0v) is 17.7. The van der Waals surface area contributed by atoms with E-state index in [-0.39, 0.29) is 23.5 Å². The van der Waals surface area contributed by atoms with Crippen molar-refractivity contribution in [2.75, 3.05) is 17.5 Å². The Labute approximate surface area is 172 Å². The van der Waals surface area contributed by atoms with Crippen molar-refractivity contribution in [3.63, 3.8) is 0 Å². The van der Waals surface area contributed by atoms with Crippen LogP contribution in [-0.2, 0) is 21.2 Å². The van der Waals surface area contributed by atoms with Crippen LogP contribution in [0.1, 0.15) is 38.7 Å². The number of carbonyl (C=O) groups is 1. The fourth-order valence-corrected chi connectivity index (χ4v) is 5.10. The molecule has 0 radical (unpaired) electrons. The third kappa shape index (κ3) is 5.09. The monoisotopic (exact) mass is 416 g/mol. The minimum atomic E-state index is -3.65. The van der Waals surface area contributed by atoms with E-state index in [9.17, 15) is 13.2 Å². The number of anilines is 1. The molecule has 0 saturated carbocycles. The molecule has 7 heteroatoms. The van der Waals surface area contributed by atoms with Gasteiger partial charge in [-0.3, -0.25) is 9.10 Å². The Morgan fingerprint density at radius 1 is 1.17 bits per heavy atom. The first-order chi connectivity index (χ1) is 13.9. The van der Waals surface area contributed by atoms with Crippen LogP contribution in [0.15, 0.2) is 53.4 Å². The van der Waals surface area contributed by atoms with Gasteiger partial charge in [-0.15, -0.1) is 0 Å². The molecule has 1 aliphatic rings. The fourth-order valence-electron chi connectivity index (χ4n) is 3.55. The normalized spacial score (nSPS) is 14.8. The number of carbonyl (C=O) groups excluding carboxylic acids is 1. The van der Waals surface area contributed by atoms with Gasteiger partial charge in [0.2, 0.25) is 0 Å². The van der Waals surface area contributed by atoms with E-state index in [0.29, 0.717) is 12.3 Å². The number of para-hydroxylation sites is 1. The highest BCUT2D eigenvalue weighted by atomic mass is 32.2. The number of aryl methyl sites for hydroxylation is 1. The van der Waals surface area contributed by atoms with Crippen molar-refractivity contribution in [3.05, 3.63) is 54.1 Å². The summed E-state index contributed by atoms with van der Waals surface area (Å²) in [6.45, 7) is 4.39. The predicted octanol–water partition coefficient (Wildman–Crippen LogP) is 3.51. The Morgan fingerprint density at radius 2 is 1.90 bits per heavy atom. The third-order valence-electron chi connectivity index (χ3n) is 4.98. The van der Waals surface area contributed by atoms with Crippen LogP contribution in [0.2, 0.25) is 0 Å². The number of fused-ring (bicyclic) bond motifs is 1. The van der Waals surface area contributed by atoms with Crippen molar-refractivity contribution < 1.29 is 17.9 Å². The molecule has 156 valence electrons. The number of sulfonamides is 1. The van der Waals surface area contributed by atoms with Gasteiger partial charge < -0.3 is 10.1 Å². The molecule has 2 aromatic rings. The first kappa shape index (κ1) is 21.2. The molecule has 0 aromatic heterocycles. The summed E-state index contributed by atoms with van der Waals surface area (Å²) in [6, 6.07) is 13.9. The van der Waals surface area contributed by atoms with Crippen LogP contribution in [0.5, 0.6) is 5.75 Å². The molecule has 2 aromatic carbocycles. The molecule has 1 N–H and O–H groups in total. The molecular formula is C22H28N2O4S. The highest BCUT2D eigenvalue weighted by molar-refractivity contribution is 7.92. The molecule has 1 heterocycles. The van der Waals surface area contributed by atoms with Gasteiger partial charge in [-0.1, -0.05) is 31.5 Å². The minimum Gasteiger partial charge on any atom is -0.484 e. The Hall–Kier alpha value is -2.54. The lowest BCUT2D eigenvalue weighted by atomic mass is 10.0. The predicted molar refractivity (Wildman–Crippen MR) is 114 cm³/mol. The maximum atomic E-state index is 13.1.